The number of rotatable bonds is 9. The molecule has 5 rings (SSSR count). The van der Waals surface area contributed by atoms with Crippen molar-refractivity contribution in [2.75, 3.05) is 6.61 Å². The SMILES string of the molecule is CCOC(=O)C1=C(C)N(Cc2cccc(C(=O)NC(c3ccccc3)c3ccccc3)c2)C(=O)C[C@@H]1c1ccccc1C. The molecule has 1 heterocycles. The summed E-state index contributed by atoms with van der Waals surface area (Å²) in [6, 6.07) is 34.5. The Kier molecular flexibility index (Phi) is 9.16. The Morgan fingerprint density at radius 2 is 1.49 bits per heavy atom. The molecule has 1 atom stereocenters. The van der Waals surface area contributed by atoms with Gasteiger partial charge in [0, 0.05) is 23.6 Å². The van der Waals surface area contributed by atoms with E-state index in [-0.39, 0.29) is 43.3 Å². The third-order valence-corrected chi connectivity index (χ3v) is 7.95. The second-order valence-corrected chi connectivity index (χ2v) is 10.7. The van der Waals surface area contributed by atoms with Gasteiger partial charge < -0.3 is 15.0 Å². The Balaban J connectivity index is 1.42. The summed E-state index contributed by atoms with van der Waals surface area (Å²) in [4.78, 5) is 42.0. The van der Waals surface area contributed by atoms with Gasteiger partial charge in [-0.15, -0.1) is 0 Å². The summed E-state index contributed by atoms with van der Waals surface area (Å²) >= 11 is 0. The standard InChI is InChI=1S/C37H36N2O4/c1-4-43-37(42)34-26(3)39(33(40)23-32(34)31-21-12-11-14-25(31)2)24-27-15-13-20-30(22-27)36(41)38-35(28-16-7-5-8-17-28)29-18-9-6-10-19-29/h5-22,32,35H,4,23-24H2,1-3H3,(H,38,41)/t32-/m1/s1. The molecule has 2 amide bonds. The van der Waals surface area contributed by atoms with Gasteiger partial charge in [-0.1, -0.05) is 97.1 Å². The fourth-order valence-corrected chi connectivity index (χ4v) is 5.78. The predicted octanol–water partition coefficient (Wildman–Crippen LogP) is 6.87. The van der Waals surface area contributed by atoms with Crippen molar-refractivity contribution in [3.63, 3.8) is 0 Å². The van der Waals surface area contributed by atoms with Gasteiger partial charge >= 0.3 is 5.97 Å². The number of hydrogen-bond acceptors (Lipinski definition) is 4. The topological polar surface area (TPSA) is 75.7 Å². The first-order valence-electron chi connectivity index (χ1n) is 14.6. The molecule has 0 saturated heterocycles. The van der Waals surface area contributed by atoms with Crippen molar-refractivity contribution in [3.8, 4) is 0 Å². The minimum atomic E-state index is -0.410. The van der Waals surface area contributed by atoms with Crippen LogP contribution in [0.5, 0.6) is 0 Å². The molecule has 6 nitrogen and oxygen atoms in total. The van der Waals surface area contributed by atoms with Gasteiger partial charge in [-0.05, 0) is 60.7 Å². The van der Waals surface area contributed by atoms with Gasteiger partial charge in [0.25, 0.3) is 5.91 Å². The van der Waals surface area contributed by atoms with E-state index in [0.29, 0.717) is 16.8 Å². The van der Waals surface area contributed by atoms with E-state index >= 15 is 0 Å². The molecule has 1 aliphatic heterocycles. The minimum Gasteiger partial charge on any atom is -0.463 e. The van der Waals surface area contributed by atoms with E-state index in [0.717, 1.165) is 27.8 Å². The largest absolute Gasteiger partial charge is 0.463 e. The highest BCUT2D eigenvalue weighted by Gasteiger charge is 2.37. The number of amides is 2. The van der Waals surface area contributed by atoms with Crippen LogP contribution >= 0.6 is 0 Å². The number of carbonyl (C=O) groups is 3. The number of ether oxygens (including phenoxy) is 1. The van der Waals surface area contributed by atoms with Crippen LogP contribution < -0.4 is 5.32 Å². The molecular formula is C37H36N2O4. The first-order chi connectivity index (χ1) is 20.9. The van der Waals surface area contributed by atoms with Gasteiger partial charge in [0.1, 0.15) is 0 Å². The Bertz CT molecular complexity index is 1610. The lowest BCUT2D eigenvalue weighted by Gasteiger charge is -2.35. The number of hydrogen-bond donors (Lipinski definition) is 1. The highest BCUT2D eigenvalue weighted by atomic mass is 16.5. The average Bonchev–Trinajstić information content (AvgIpc) is 3.03. The first-order valence-corrected chi connectivity index (χ1v) is 14.6. The number of esters is 1. The quantitative estimate of drug-likeness (QED) is 0.222. The van der Waals surface area contributed by atoms with Crippen LogP contribution in [0.15, 0.2) is 120 Å². The summed E-state index contributed by atoms with van der Waals surface area (Å²) in [6.07, 6.45) is 0.159. The van der Waals surface area contributed by atoms with Crippen molar-refractivity contribution in [3.05, 3.63) is 154 Å². The molecular weight excluding hydrogens is 536 g/mol. The Morgan fingerprint density at radius 1 is 0.860 bits per heavy atom. The third kappa shape index (κ3) is 6.59. The van der Waals surface area contributed by atoms with Gasteiger partial charge in [0.05, 0.1) is 24.8 Å². The molecule has 4 aromatic carbocycles. The Labute approximate surface area is 253 Å². The van der Waals surface area contributed by atoms with Gasteiger partial charge in [-0.2, -0.15) is 0 Å². The summed E-state index contributed by atoms with van der Waals surface area (Å²) in [5.41, 5.74) is 6.27. The third-order valence-electron chi connectivity index (χ3n) is 7.95. The van der Waals surface area contributed by atoms with Crippen molar-refractivity contribution in [2.45, 2.75) is 45.7 Å². The fraction of sp³-hybridized carbons (Fsp3) is 0.216. The van der Waals surface area contributed by atoms with Crippen molar-refractivity contribution in [1.29, 1.82) is 0 Å². The normalized spacial score (nSPS) is 15.0. The van der Waals surface area contributed by atoms with E-state index in [4.69, 9.17) is 4.74 Å². The number of allylic oxidation sites excluding steroid dienone is 1. The molecule has 4 aromatic rings. The van der Waals surface area contributed by atoms with Crippen LogP contribution in [-0.2, 0) is 20.9 Å². The van der Waals surface area contributed by atoms with E-state index < -0.39 is 5.97 Å². The van der Waals surface area contributed by atoms with Crippen LogP contribution in [0.3, 0.4) is 0 Å². The van der Waals surface area contributed by atoms with Gasteiger partial charge in [0.2, 0.25) is 5.91 Å². The zero-order chi connectivity index (χ0) is 30.3. The van der Waals surface area contributed by atoms with Crippen LogP contribution in [0.4, 0.5) is 0 Å². The average molecular weight is 573 g/mol. The maximum Gasteiger partial charge on any atom is 0.336 e. The summed E-state index contributed by atoms with van der Waals surface area (Å²) in [5, 5.41) is 3.19. The second kappa shape index (κ2) is 13.3. The number of carbonyl (C=O) groups excluding carboxylic acids is 3. The number of aryl methyl sites for hydroxylation is 1. The second-order valence-electron chi connectivity index (χ2n) is 10.7. The van der Waals surface area contributed by atoms with E-state index in [2.05, 4.69) is 5.32 Å². The highest BCUT2D eigenvalue weighted by Crippen LogP contribution is 2.39. The van der Waals surface area contributed by atoms with Crippen molar-refractivity contribution < 1.29 is 19.1 Å². The lowest BCUT2D eigenvalue weighted by molar-refractivity contribution is -0.140. The molecule has 0 radical (unpaired) electrons. The van der Waals surface area contributed by atoms with Crippen LogP contribution in [0, 0.1) is 6.92 Å². The van der Waals surface area contributed by atoms with Gasteiger partial charge in [0.15, 0.2) is 0 Å². The van der Waals surface area contributed by atoms with Crippen LogP contribution in [0.1, 0.15) is 70.4 Å². The molecule has 43 heavy (non-hydrogen) atoms. The first kappa shape index (κ1) is 29.5. The maximum absolute atomic E-state index is 13.6. The summed E-state index contributed by atoms with van der Waals surface area (Å²) in [5.74, 6) is -1.09. The van der Waals surface area contributed by atoms with E-state index in [9.17, 15) is 14.4 Å². The van der Waals surface area contributed by atoms with Crippen molar-refractivity contribution in [1.82, 2.24) is 10.2 Å². The predicted molar refractivity (Wildman–Crippen MR) is 167 cm³/mol. The molecule has 0 aliphatic carbocycles. The monoisotopic (exact) mass is 572 g/mol. The highest BCUT2D eigenvalue weighted by molar-refractivity contribution is 5.96. The molecule has 0 spiro atoms. The molecule has 1 N–H and O–H groups in total. The molecule has 6 heteroatoms. The molecule has 218 valence electrons. The zero-order valence-corrected chi connectivity index (χ0v) is 24.7. The summed E-state index contributed by atoms with van der Waals surface area (Å²) < 4.78 is 5.45. The van der Waals surface area contributed by atoms with Gasteiger partial charge in [-0.25, -0.2) is 4.79 Å². The number of nitrogens with zero attached hydrogens (tertiary/aromatic N) is 1. The fourth-order valence-electron chi connectivity index (χ4n) is 5.78. The van der Waals surface area contributed by atoms with Crippen molar-refractivity contribution in [2.24, 2.45) is 0 Å². The lowest BCUT2D eigenvalue weighted by atomic mass is 9.81. The summed E-state index contributed by atoms with van der Waals surface area (Å²) in [6.45, 7) is 6.04. The lowest BCUT2D eigenvalue weighted by Crippen LogP contribution is -2.38. The Morgan fingerprint density at radius 3 is 2.12 bits per heavy atom. The minimum absolute atomic E-state index is 0.0816. The molecule has 0 fully saturated rings. The van der Waals surface area contributed by atoms with E-state index in [1.807, 2.05) is 104 Å². The number of nitrogens with one attached hydrogen (secondary N) is 1. The van der Waals surface area contributed by atoms with Gasteiger partial charge in [-0.3, -0.25) is 9.59 Å². The molecule has 0 unspecified atom stereocenters. The van der Waals surface area contributed by atoms with E-state index in [1.165, 1.54) is 0 Å². The zero-order valence-electron chi connectivity index (χ0n) is 24.7. The molecule has 0 bridgehead atoms. The van der Waals surface area contributed by atoms with Crippen molar-refractivity contribution >= 4 is 17.8 Å². The number of benzene rings is 4. The smallest absolute Gasteiger partial charge is 0.336 e. The van der Waals surface area contributed by atoms with E-state index in [1.54, 1.807) is 30.9 Å². The molecule has 0 aromatic heterocycles. The van der Waals surface area contributed by atoms with Crippen LogP contribution in [0.2, 0.25) is 0 Å². The maximum atomic E-state index is 13.6. The molecule has 1 aliphatic rings. The summed E-state index contributed by atoms with van der Waals surface area (Å²) in [7, 11) is 0. The molecule has 0 saturated carbocycles. The van der Waals surface area contributed by atoms with Crippen LogP contribution in [-0.4, -0.2) is 29.3 Å². The Hall–Kier alpha value is -4.97. The van der Waals surface area contributed by atoms with Crippen LogP contribution in [0.25, 0.3) is 0 Å².